The molecular formula is C12H12O4. The average molecular weight is 220 g/mol. The SMILES string of the molecule is CC(=O)C/C(O)=C/C(=O)c1ccccc1O. The van der Waals surface area contributed by atoms with Crippen LogP contribution in [0.3, 0.4) is 0 Å². The van der Waals surface area contributed by atoms with Gasteiger partial charge in [0.25, 0.3) is 0 Å². The van der Waals surface area contributed by atoms with Gasteiger partial charge in [-0.15, -0.1) is 0 Å². The van der Waals surface area contributed by atoms with Crippen molar-refractivity contribution in [2.45, 2.75) is 13.3 Å². The first-order valence-corrected chi connectivity index (χ1v) is 4.72. The van der Waals surface area contributed by atoms with E-state index in [1.807, 2.05) is 0 Å². The van der Waals surface area contributed by atoms with Crippen LogP contribution in [0.4, 0.5) is 0 Å². The number of aromatic hydroxyl groups is 1. The second-order valence-electron chi connectivity index (χ2n) is 3.40. The largest absolute Gasteiger partial charge is 0.512 e. The van der Waals surface area contributed by atoms with E-state index in [1.54, 1.807) is 12.1 Å². The summed E-state index contributed by atoms with van der Waals surface area (Å²) in [6.45, 7) is 1.31. The molecule has 16 heavy (non-hydrogen) atoms. The van der Waals surface area contributed by atoms with Crippen molar-refractivity contribution in [1.29, 1.82) is 0 Å². The molecule has 0 aliphatic rings. The number of phenolic OH excluding ortho intramolecular Hbond substituents is 1. The fourth-order valence-electron chi connectivity index (χ4n) is 1.22. The molecule has 0 atom stereocenters. The number of rotatable bonds is 4. The van der Waals surface area contributed by atoms with Crippen molar-refractivity contribution in [1.82, 2.24) is 0 Å². The van der Waals surface area contributed by atoms with Crippen molar-refractivity contribution in [3.05, 3.63) is 41.7 Å². The second-order valence-corrected chi connectivity index (χ2v) is 3.40. The highest BCUT2D eigenvalue weighted by Crippen LogP contribution is 2.17. The van der Waals surface area contributed by atoms with Crippen LogP contribution >= 0.6 is 0 Å². The van der Waals surface area contributed by atoms with E-state index in [1.165, 1.54) is 19.1 Å². The number of phenols is 1. The molecule has 84 valence electrons. The van der Waals surface area contributed by atoms with Gasteiger partial charge in [0.1, 0.15) is 17.3 Å². The van der Waals surface area contributed by atoms with Gasteiger partial charge in [0.2, 0.25) is 0 Å². The average Bonchev–Trinajstić information content (AvgIpc) is 2.16. The van der Waals surface area contributed by atoms with Crippen molar-refractivity contribution >= 4 is 11.6 Å². The van der Waals surface area contributed by atoms with Crippen molar-refractivity contribution in [3.63, 3.8) is 0 Å². The van der Waals surface area contributed by atoms with Crippen LogP contribution in [0.2, 0.25) is 0 Å². The van der Waals surface area contributed by atoms with Gasteiger partial charge in [-0.1, -0.05) is 12.1 Å². The third-order valence-electron chi connectivity index (χ3n) is 1.90. The lowest BCUT2D eigenvalue weighted by molar-refractivity contribution is -0.116. The van der Waals surface area contributed by atoms with Crippen LogP contribution in [0.15, 0.2) is 36.1 Å². The standard InChI is InChI=1S/C12H12O4/c1-8(13)6-9(14)7-12(16)10-4-2-3-5-11(10)15/h2-5,7,14-15H,6H2,1H3/b9-7-. The highest BCUT2D eigenvalue weighted by atomic mass is 16.3. The summed E-state index contributed by atoms with van der Waals surface area (Å²) in [5, 5.41) is 18.7. The smallest absolute Gasteiger partial charge is 0.192 e. The van der Waals surface area contributed by atoms with Crippen LogP contribution in [0.25, 0.3) is 0 Å². The molecule has 0 fully saturated rings. The zero-order valence-electron chi connectivity index (χ0n) is 8.80. The van der Waals surface area contributed by atoms with Gasteiger partial charge in [-0.05, 0) is 19.1 Å². The number of allylic oxidation sites excluding steroid dienone is 2. The Morgan fingerprint density at radius 2 is 1.94 bits per heavy atom. The Hall–Kier alpha value is -2.10. The summed E-state index contributed by atoms with van der Waals surface area (Å²) < 4.78 is 0. The van der Waals surface area contributed by atoms with Crippen LogP contribution in [0, 0.1) is 0 Å². The molecule has 0 radical (unpaired) electrons. The normalized spacial score (nSPS) is 11.2. The molecule has 1 aromatic rings. The number of benzene rings is 1. The molecule has 1 aromatic carbocycles. The fourth-order valence-corrected chi connectivity index (χ4v) is 1.22. The van der Waals surface area contributed by atoms with Crippen LogP contribution in [0.1, 0.15) is 23.7 Å². The lowest BCUT2D eigenvalue weighted by Crippen LogP contribution is -1.99. The summed E-state index contributed by atoms with van der Waals surface area (Å²) in [7, 11) is 0. The maximum atomic E-state index is 11.5. The van der Waals surface area contributed by atoms with Gasteiger partial charge in [0, 0.05) is 6.08 Å². The Labute approximate surface area is 92.8 Å². The summed E-state index contributed by atoms with van der Waals surface area (Å²) in [6, 6.07) is 6.01. The molecule has 0 amide bonds. The van der Waals surface area contributed by atoms with E-state index < -0.39 is 5.78 Å². The summed E-state index contributed by atoms with van der Waals surface area (Å²) >= 11 is 0. The van der Waals surface area contributed by atoms with Gasteiger partial charge in [0.15, 0.2) is 5.78 Å². The lowest BCUT2D eigenvalue weighted by atomic mass is 10.1. The zero-order valence-corrected chi connectivity index (χ0v) is 8.80. The van der Waals surface area contributed by atoms with Crippen molar-refractivity contribution in [2.24, 2.45) is 0 Å². The molecule has 0 aliphatic heterocycles. The quantitative estimate of drug-likeness (QED) is 0.462. The summed E-state index contributed by atoms with van der Waals surface area (Å²) in [5.41, 5.74) is 0.0950. The number of ketones is 2. The highest BCUT2D eigenvalue weighted by Gasteiger charge is 2.09. The first kappa shape index (κ1) is 12.0. The molecule has 0 aliphatic carbocycles. The topological polar surface area (TPSA) is 74.6 Å². The predicted molar refractivity (Wildman–Crippen MR) is 58.4 cm³/mol. The molecular weight excluding hydrogens is 208 g/mol. The van der Waals surface area contributed by atoms with Gasteiger partial charge in [0.05, 0.1) is 12.0 Å². The maximum absolute atomic E-state index is 11.5. The molecule has 0 saturated heterocycles. The monoisotopic (exact) mass is 220 g/mol. The Bertz CT molecular complexity index is 446. The Balaban J connectivity index is 2.88. The third kappa shape index (κ3) is 3.24. The Morgan fingerprint density at radius 3 is 2.50 bits per heavy atom. The van der Waals surface area contributed by atoms with Gasteiger partial charge >= 0.3 is 0 Å². The summed E-state index contributed by atoms with van der Waals surface area (Å²) in [4.78, 5) is 22.2. The molecule has 0 unspecified atom stereocenters. The molecule has 0 bridgehead atoms. The maximum Gasteiger partial charge on any atom is 0.192 e. The number of Topliss-reactive ketones (excluding diaryl/α,β-unsaturated/α-hetero) is 1. The highest BCUT2D eigenvalue weighted by molar-refractivity contribution is 6.06. The van der Waals surface area contributed by atoms with Crippen LogP contribution in [-0.4, -0.2) is 21.8 Å². The molecule has 4 heteroatoms. The number of carbonyl (C=O) groups is 2. The predicted octanol–water partition coefficient (Wildman–Crippen LogP) is 2.00. The van der Waals surface area contributed by atoms with Crippen molar-refractivity contribution in [2.75, 3.05) is 0 Å². The number of hydrogen-bond acceptors (Lipinski definition) is 4. The van der Waals surface area contributed by atoms with Crippen molar-refractivity contribution < 1.29 is 19.8 Å². The molecule has 0 spiro atoms. The molecule has 2 N–H and O–H groups in total. The van der Waals surface area contributed by atoms with E-state index in [9.17, 15) is 19.8 Å². The van der Waals surface area contributed by atoms with Crippen molar-refractivity contribution in [3.8, 4) is 5.75 Å². The molecule has 0 heterocycles. The fraction of sp³-hybridized carbons (Fsp3) is 0.167. The molecule has 1 rings (SSSR count). The minimum atomic E-state index is -0.531. The third-order valence-corrected chi connectivity index (χ3v) is 1.90. The van der Waals surface area contributed by atoms with E-state index >= 15 is 0 Å². The van der Waals surface area contributed by atoms with Gasteiger partial charge in [-0.25, -0.2) is 0 Å². The number of aliphatic hydroxyl groups is 1. The second kappa shape index (κ2) is 5.11. The van der Waals surface area contributed by atoms with E-state index in [4.69, 9.17) is 0 Å². The number of carbonyl (C=O) groups excluding carboxylic acids is 2. The van der Waals surface area contributed by atoms with E-state index in [-0.39, 0.29) is 29.3 Å². The molecule has 0 aromatic heterocycles. The van der Waals surface area contributed by atoms with E-state index in [2.05, 4.69) is 0 Å². The van der Waals surface area contributed by atoms with Gasteiger partial charge in [-0.3, -0.25) is 9.59 Å². The van der Waals surface area contributed by atoms with E-state index in [0.717, 1.165) is 6.08 Å². The van der Waals surface area contributed by atoms with Crippen LogP contribution in [0.5, 0.6) is 5.75 Å². The first-order valence-electron chi connectivity index (χ1n) is 4.72. The van der Waals surface area contributed by atoms with Crippen LogP contribution < -0.4 is 0 Å². The van der Waals surface area contributed by atoms with E-state index in [0.29, 0.717) is 0 Å². The Kier molecular flexibility index (Phi) is 3.83. The first-order chi connectivity index (χ1) is 7.50. The number of para-hydroxylation sites is 1. The minimum Gasteiger partial charge on any atom is -0.512 e. The number of hydrogen-bond donors (Lipinski definition) is 2. The van der Waals surface area contributed by atoms with Gasteiger partial charge in [-0.2, -0.15) is 0 Å². The summed E-state index contributed by atoms with van der Waals surface area (Å²) in [6.07, 6.45) is 0.760. The number of aliphatic hydroxyl groups excluding tert-OH is 1. The lowest BCUT2D eigenvalue weighted by Gasteiger charge is -2.00. The Morgan fingerprint density at radius 1 is 1.31 bits per heavy atom. The zero-order chi connectivity index (χ0) is 12.1. The molecule has 4 nitrogen and oxygen atoms in total. The van der Waals surface area contributed by atoms with Crippen LogP contribution in [-0.2, 0) is 4.79 Å². The molecule has 0 saturated carbocycles. The van der Waals surface area contributed by atoms with Gasteiger partial charge < -0.3 is 10.2 Å². The minimum absolute atomic E-state index is 0.0950. The summed E-state index contributed by atoms with van der Waals surface area (Å²) in [5.74, 6) is -1.23.